The number of aliphatic hydroxyl groups is 1. The lowest BCUT2D eigenvalue weighted by atomic mass is 9.72. The Bertz CT molecular complexity index is 1420. The first-order valence-electron chi connectivity index (χ1n) is 12.1. The van der Waals surface area contributed by atoms with Gasteiger partial charge in [-0.05, 0) is 44.7 Å². The summed E-state index contributed by atoms with van der Waals surface area (Å²) in [4.78, 5) is 22.9. The van der Waals surface area contributed by atoms with Crippen LogP contribution in [-0.2, 0) is 5.60 Å². The van der Waals surface area contributed by atoms with Gasteiger partial charge in [0.2, 0.25) is 5.95 Å². The van der Waals surface area contributed by atoms with Crippen molar-refractivity contribution in [1.29, 1.82) is 0 Å². The van der Waals surface area contributed by atoms with Crippen LogP contribution in [-0.4, -0.2) is 62.7 Å². The number of nitrogens with zero attached hydrogens (tertiary/aromatic N) is 6. The Morgan fingerprint density at radius 1 is 1.11 bits per heavy atom. The molecule has 4 aromatic heterocycles. The number of likely N-dealkylation sites (tertiary alicyclic amines) is 1. The summed E-state index contributed by atoms with van der Waals surface area (Å²) in [5, 5.41) is 13.6. The monoisotopic (exact) mass is 505 g/mol. The van der Waals surface area contributed by atoms with Crippen molar-refractivity contribution in [1.82, 2.24) is 24.8 Å². The van der Waals surface area contributed by atoms with Gasteiger partial charge in [0, 0.05) is 43.4 Å². The molecular formula is C26H28FN7OS. The van der Waals surface area contributed by atoms with E-state index in [2.05, 4.69) is 42.0 Å². The Balaban J connectivity index is 1.19. The first-order valence-corrected chi connectivity index (χ1v) is 12.9. The smallest absolute Gasteiger partial charge is 0.229 e. The fraction of sp³-hybridized carbons (Fsp3) is 0.385. The van der Waals surface area contributed by atoms with Crippen LogP contribution in [0.2, 0.25) is 0 Å². The summed E-state index contributed by atoms with van der Waals surface area (Å²) < 4.78 is 15.6. The van der Waals surface area contributed by atoms with E-state index in [4.69, 9.17) is 0 Å². The number of aromatic nitrogens is 4. The molecule has 0 amide bonds. The van der Waals surface area contributed by atoms with E-state index in [1.165, 1.54) is 24.4 Å². The van der Waals surface area contributed by atoms with Crippen molar-refractivity contribution in [2.75, 3.05) is 42.9 Å². The van der Waals surface area contributed by atoms with Crippen LogP contribution in [0.4, 0.5) is 21.8 Å². The number of anilines is 3. The average molecular weight is 506 g/mol. The molecule has 10 heteroatoms. The van der Waals surface area contributed by atoms with Crippen molar-refractivity contribution >= 4 is 39.0 Å². The first-order chi connectivity index (χ1) is 17.2. The summed E-state index contributed by atoms with van der Waals surface area (Å²) in [6.07, 6.45) is 4.66. The van der Waals surface area contributed by atoms with Crippen molar-refractivity contribution < 1.29 is 9.50 Å². The number of pyridine rings is 2. The number of hydrogen-bond donors (Lipinski definition) is 2. The van der Waals surface area contributed by atoms with E-state index in [0.717, 1.165) is 41.8 Å². The van der Waals surface area contributed by atoms with E-state index in [9.17, 15) is 9.50 Å². The lowest BCUT2D eigenvalue weighted by molar-refractivity contribution is -0.0178. The van der Waals surface area contributed by atoms with Crippen molar-refractivity contribution in [2.45, 2.75) is 26.4 Å². The molecule has 2 aliphatic rings. The van der Waals surface area contributed by atoms with Crippen LogP contribution in [0.25, 0.3) is 20.8 Å². The zero-order valence-corrected chi connectivity index (χ0v) is 21.3. The van der Waals surface area contributed by atoms with Crippen molar-refractivity contribution in [3.63, 3.8) is 0 Å². The highest BCUT2D eigenvalue weighted by molar-refractivity contribution is 7.22. The van der Waals surface area contributed by atoms with Gasteiger partial charge in [-0.25, -0.2) is 19.3 Å². The number of thiophene rings is 1. The first kappa shape index (κ1) is 23.2. The molecule has 2 N–H and O–H groups in total. The molecule has 0 atom stereocenters. The van der Waals surface area contributed by atoms with Crippen LogP contribution in [0.1, 0.15) is 26.3 Å². The third kappa shape index (κ3) is 4.08. The zero-order valence-electron chi connectivity index (χ0n) is 20.5. The maximum Gasteiger partial charge on any atom is 0.229 e. The van der Waals surface area contributed by atoms with Gasteiger partial charge in [-0.1, -0.05) is 6.92 Å². The largest absolute Gasteiger partial charge is 0.386 e. The maximum atomic E-state index is 14.7. The summed E-state index contributed by atoms with van der Waals surface area (Å²) in [5.41, 5.74) is 2.14. The lowest BCUT2D eigenvalue weighted by Gasteiger charge is -2.61. The zero-order chi connectivity index (χ0) is 25.1. The molecule has 6 rings (SSSR count). The Labute approximate surface area is 212 Å². The van der Waals surface area contributed by atoms with Gasteiger partial charge in [-0.15, -0.1) is 11.3 Å². The van der Waals surface area contributed by atoms with Crippen LogP contribution in [0.3, 0.4) is 0 Å². The normalized spacial score (nSPS) is 17.3. The molecule has 2 saturated heterocycles. The minimum atomic E-state index is -1.04. The van der Waals surface area contributed by atoms with Gasteiger partial charge < -0.3 is 20.2 Å². The quantitative estimate of drug-likeness (QED) is 0.399. The molecular weight excluding hydrogens is 477 g/mol. The Morgan fingerprint density at radius 3 is 2.61 bits per heavy atom. The van der Waals surface area contributed by atoms with Crippen LogP contribution in [0.15, 0.2) is 42.9 Å². The van der Waals surface area contributed by atoms with E-state index < -0.39 is 11.4 Å². The van der Waals surface area contributed by atoms with Gasteiger partial charge >= 0.3 is 0 Å². The standard InChI is InChI=1S/C26H28FN7OS/c1-4-33-12-26(13-33)14-34(15-26)16-5-6-21(29-10-16)31-24-30-11-18(27)22(32-24)20-9-19-23(36-20)17(7-8-28-19)25(2,3)35/h5-11,35H,4,12-15H2,1-3H3,(H,29,30,31,32). The second-order valence-electron chi connectivity index (χ2n) is 10.3. The summed E-state index contributed by atoms with van der Waals surface area (Å²) in [5.74, 6) is 0.330. The lowest BCUT2D eigenvalue weighted by Crippen LogP contribution is -2.72. The van der Waals surface area contributed by atoms with Crippen LogP contribution in [0, 0.1) is 11.2 Å². The van der Waals surface area contributed by atoms with Crippen molar-refractivity contribution in [3.8, 4) is 10.6 Å². The number of nitrogens with one attached hydrogen (secondary N) is 1. The van der Waals surface area contributed by atoms with Gasteiger partial charge in [0.15, 0.2) is 5.82 Å². The van der Waals surface area contributed by atoms with E-state index in [0.29, 0.717) is 21.6 Å². The van der Waals surface area contributed by atoms with Crippen LogP contribution in [0.5, 0.6) is 0 Å². The molecule has 2 fully saturated rings. The summed E-state index contributed by atoms with van der Waals surface area (Å²) in [6.45, 7) is 11.3. The summed E-state index contributed by atoms with van der Waals surface area (Å²) >= 11 is 1.35. The maximum absolute atomic E-state index is 14.7. The van der Waals surface area contributed by atoms with Gasteiger partial charge in [-0.3, -0.25) is 4.98 Å². The summed E-state index contributed by atoms with van der Waals surface area (Å²) in [6, 6.07) is 7.51. The average Bonchev–Trinajstić information content (AvgIpc) is 3.23. The third-order valence-corrected chi connectivity index (χ3v) is 8.18. The molecule has 4 aromatic rings. The highest BCUT2D eigenvalue weighted by Crippen LogP contribution is 2.42. The molecule has 1 spiro atoms. The molecule has 36 heavy (non-hydrogen) atoms. The van der Waals surface area contributed by atoms with E-state index >= 15 is 0 Å². The van der Waals surface area contributed by atoms with Gasteiger partial charge in [0.1, 0.15) is 11.5 Å². The molecule has 186 valence electrons. The van der Waals surface area contributed by atoms with E-state index in [1.807, 2.05) is 18.3 Å². The number of hydrogen-bond acceptors (Lipinski definition) is 9. The molecule has 0 bridgehead atoms. The predicted octanol–water partition coefficient (Wildman–Crippen LogP) is 4.40. The molecule has 0 unspecified atom stereocenters. The van der Waals surface area contributed by atoms with Crippen molar-refractivity contribution in [3.05, 3.63) is 54.2 Å². The SMILES string of the molecule is CCN1CC2(C1)CN(c1ccc(Nc3ncc(F)c(-c4cc5nccc(C(C)(C)O)c5s4)n3)nc1)C2. The topological polar surface area (TPSA) is 90.3 Å². The van der Waals surface area contributed by atoms with Crippen LogP contribution < -0.4 is 10.2 Å². The Kier molecular flexibility index (Phi) is 5.43. The van der Waals surface area contributed by atoms with E-state index in [1.54, 1.807) is 32.2 Å². The van der Waals surface area contributed by atoms with Gasteiger partial charge in [-0.2, -0.15) is 0 Å². The van der Waals surface area contributed by atoms with Gasteiger partial charge in [0.05, 0.1) is 38.8 Å². The van der Waals surface area contributed by atoms with Gasteiger partial charge in [0.25, 0.3) is 0 Å². The third-order valence-electron chi connectivity index (χ3n) is 7.02. The fourth-order valence-corrected chi connectivity index (χ4v) is 6.44. The molecule has 0 aromatic carbocycles. The second-order valence-corrected chi connectivity index (χ2v) is 11.4. The number of rotatable bonds is 6. The van der Waals surface area contributed by atoms with Crippen LogP contribution >= 0.6 is 11.3 Å². The molecule has 2 aliphatic heterocycles. The minimum absolute atomic E-state index is 0.182. The molecule has 0 radical (unpaired) electrons. The summed E-state index contributed by atoms with van der Waals surface area (Å²) in [7, 11) is 0. The molecule has 8 nitrogen and oxygen atoms in total. The van der Waals surface area contributed by atoms with E-state index in [-0.39, 0.29) is 11.6 Å². The number of halogens is 1. The Morgan fingerprint density at radius 2 is 1.92 bits per heavy atom. The predicted molar refractivity (Wildman–Crippen MR) is 140 cm³/mol. The Hall–Kier alpha value is -3.21. The highest BCUT2D eigenvalue weighted by Gasteiger charge is 2.51. The molecule has 0 aliphatic carbocycles. The van der Waals surface area contributed by atoms with Crippen molar-refractivity contribution in [2.24, 2.45) is 5.41 Å². The molecule has 6 heterocycles. The highest BCUT2D eigenvalue weighted by atomic mass is 32.1. The minimum Gasteiger partial charge on any atom is -0.386 e. The second kappa shape index (κ2) is 8.43. The fourth-order valence-electron chi connectivity index (χ4n) is 5.17. The number of fused-ring (bicyclic) bond motifs is 1. The molecule has 0 saturated carbocycles.